The molecule has 3 unspecified atom stereocenters. The second-order valence-electron chi connectivity index (χ2n) is 9.46. The normalized spacial score (nSPS) is 21.3. The highest BCUT2D eigenvalue weighted by molar-refractivity contribution is 7.81. The summed E-state index contributed by atoms with van der Waals surface area (Å²) in [5.41, 5.74) is 0.0390. The zero-order chi connectivity index (χ0) is 33.1. The van der Waals surface area contributed by atoms with Gasteiger partial charge in [-0.05, 0) is 29.8 Å². The first-order valence-electron chi connectivity index (χ1n) is 12.9. The van der Waals surface area contributed by atoms with E-state index in [2.05, 4.69) is 4.18 Å². The summed E-state index contributed by atoms with van der Waals surface area (Å²) < 4.78 is 72.9. The highest BCUT2D eigenvalue weighted by atomic mass is 32.3. The molecule has 16 nitrogen and oxygen atoms in total. The van der Waals surface area contributed by atoms with Gasteiger partial charge in [-0.1, -0.05) is 12.1 Å². The Kier molecular flexibility index (Phi) is 9.75. The number of carbonyl (C=O) groups is 4. The van der Waals surface area contributed by atoms with Crippen LogP contribution in [0.2, 0.25) is 0 Å². The van der Waals surface area contributed by atoms with Gasteiger partial charge in [0.2, 0.25) is 12.4 Å². The molecule has 0 radical (unpaired) electrons. The van der Waals surface area contributed by atoms with Crippen molar-refractivity contribution in [2.24, 2.45) is 0 Å². The summed E-state index contributed by atoms with van der Waals surface area (Å²) in [6.45, 7) is 3.16. The molecule has 0 aliphatic carbocycles. The highest BCUT2D eigenvalue weighted by Gasteiger charge is 2.55. The average Bonchev–Trinajstić information content (AvgIpc) is 2.94. The molecule has 45 heavy (non-hydrogen) atoms. The maximum absolute atomic E-state index is 13.2. The van der Waals surface area contributed by atoms with Gasteiger partial charge >= 0.3 is 34.3 Å². The molecule has 1 N–H and O–H groups in total. The summed E-state index contributed by atoms with van der Waals surface area (Å²) >= 11 is 0. The number of hydrogen-bond acceptors (Lipinski definition) is 15. The van der Waals surface area contributed by atoms with E-state index in [0.717, 1.165) is 34.1 Å². The van der Waals surface area contributed by atoms with Gasteiger partial charge < -0.3 is 37.0 Å². The first kappa shape index (κ1) is 32.9. The molecule has 1 aromatic heterocycles. The lowest BCUT2D eigenvalue weighted by Crippen LogP contribution is -2.64. The van der Waals surface area contributed by atoms with Crippen LogP contribution < -0.4 is 14.3 Å². The van der Waals surface area contributed by atoms with Gasteiger partial charge in [0.05, 0.1) is 18.1 Å². The molecular formula is C28H26O16S. The minimum Gasteiger partial charge on any atom is -0.467 e. The van der Waals surface area contributed by atoms with E-state index in [9.17, 15) is 32.4 Å². The molecule has 1 saturated heterocycles. The molecule has 1 fully saturated rings. The van der Waals surface area contributed by atoms with Gasteiger partial charge in [0.25, 0.3) is 0 Å². The van der Waals surface area contributed by atoms with Gasteiger partial charge in [-0.15, -0.1) is 0 Å². The Morgan fingerprint density at radius 1 is 0.822 bits per heavy atom. The third-order valence-electron chi connectivity index (χ3n) is 6.20. The molecule has 0 amide bonds. The van der Waals surface area contributed by atoms with E-state index in [1.807, 2.05) is 0 Å². The monoisotopic (exact) mass is 650 g/mol. The predicted octanol–water partition coefficient (Wildman–Crippen LogP) is 1.71. The number of esters is 4. The van der Waals surface area contributed by atoms with Crippen LogP contribution in [-0.4, -0.2) is 74.7 Å². The van der Waals surface area contributed by atoms with E-state index in [-0.39, 0.29) is 28.0 Å². The summed E-state index contributed by atoms with van der Waals surface area (Å²) in [5.74, 6) is -3.76. The molecule has 4 rings (SSSR count). The lowest BCUT2D eigenvalue weighted by atomic mass is 9.97. The van der Waals surface area contributed by atoms with Crippen LogP contribution in [0.4, 0.5) is 0 Å². The Morgan fingerprint density at radius 2 is 1.40 bits per heavy atom. The largest absolute Gasteiger partial charge is 0.467 e. The lowest BCUT2D eigenvalue weighted by molar-refractivity contribution is -0.282. The van der Waals surface area contributed by atoms with Crippen molar-refractivity contribution < 1.29 is 69.2 Å². The second-order valence-corrected chi connectivity index (χ2v) is 10.5. The van der Waals surface area contributed by atoms with Gasteiger partial charge in [-0.3, -0.25) is 23.7 Å². The molecule has 2 heterocycles. The Hall–Kier alpha value is -5.00. The fourth-order valence-corrected chi connectivity index (χ4v) is 4.86. The minimum atomic E-state index is -4.73. The van der Waals surface area contributed by atoms with E-state index in [1.165, 1.54) is 42.5 Å². The number of methoxy groups -OCH3 is 1. The average molecular weight is 651 g/mol. The molecule has 17 heteroatoms. The van der Waals surface area contributed by atoms with Gasteiger partial charge in [-0.2, -0.15) is 8.42 Å². The SMILES string of the molecule is COC(=O)C1O[C@@H](Oc2ccc3c(=O)c(-c4ccc(OS(=O)(=O)O)cc4)coc3c2)C(OC(C)=O)C(OC(C)=O)[C@@H]1OC(C)=O. The summed E-state index contributed by atoms with van der Waals surface area (Å²) in [6.07, 6.45) is -6.83. The van der Waals surface area contributed by atoms with Gasteiger partial charge in [0, 0.05) is 26.8 Å². The van der Waals surface area contributed by atoms with Crippen molar-refractivity contribution in [3.8, 4) is 22.6 Å². The van der Waals surface area contributed by atoms with Crippen LogP contribution in [0.1, 0.15) is 20.8 Å². The van der Waals surface area contributed by atoms with Crippen molar-refractivity contribution in [3.63, 3.8) is 0 Å². The van der Waals surface area contributed by atoms with Crippen molar-refractivity contribution >= 4 is 45.2 Å². The van der Waals surface area contributed by atoms with Crippen LogP contribution in [0.25, 0.3) is 22.1 Å². The van der Waals surface area contributed by atoms with Crippen molar-refractivity contribution in [2.45, 2.75) is 51.5 Å². The Balaban J connectivity index is 1.68. The van der Waals surface area contributed by atoms with Crippen LogP contribution >= 0.6 is 0 Å². The predicted molar refractivity (Wildman–Crippen MR) is 148 cm³/mol. The van der Waals surface area contributed by atoms with Crippen molar-refractivity contribution in [3.05, 3.63) is 59.0 Å². The molecule has 1 aliphatic heterocycles. The van der Waals surface area contributed by atoms with Crippen LogP contribution in [-0.2, 0) is 53.3 Å². The van der Waals surface area contributed by atoms with Crippen molar-refractivity contribution in [1.29, 1.82) is 0 Å². The van der Waals surface area contributed by atoms with Gasteiger partial charge in [0.15, 0.2) is 23.7 Å². The van der Waals surface area contributed by atoms with Crippen molar-refractivity contribution in [2.75, 3.05) is 7.11 Å². The van der Waals surface area contributed by atoms with Crippen LogP contribution in [0, 0.1) is 0 Å². The van der Waals surface area contributed by atoms with Crippen molar-refractivity contribution in [1.82, 2.24) is 0 Å². The fourth-order valence-electron chi connectivity index (χ4n) is 4.50. The summed E-state index contributed by atoms with van der Waals surface area (Å²) in [7, 11) is -3.68. The summed E-state index contributed by atoms with van der Waals surface area (Å²) in [4.78, 5) is 61.7. The fraction of sp³-hybridized carbons (Fsp3) is 0.321. The molecule has 1 aliphatic rings. The molecule has 5 atom stereocenters. The number of benzene rings is 2. The summed E-state index contributed by atoms with van der Waals surface area (Å²) in [6, 6.07) is 9.24. The lowest BCUT2D eigenvalue weighted by Gasteiger charge is -2.43. The molecular weight excluding hydrogens is 624 g/mol. The Labute approximate surface area is 254 Å². The number of rotatable bonds is 9. The maximum atomic E-state index is 13.2. The second kappa shape index (κ2) is 13.3. The third-order valence-corrected chi connectivity index (χ3v) is 6.60. The number of fused-ring (bicyclic) bond motifs is 1. The molecule has 0 saturated carbocycles. The van der Waals surface area contributed by atoms with E-state index in [4.69, 9.17) is 37.4 Å². The van der Waals surface area contributed by atoms with E-state index < -0.39 is 70.4 Å². The summed E-state index contributed by atoms with van der Waals surface area (Å²) in [5, 5.41) is 0.111. The first-order chi connectivity index (χ1) is 21.2. The number of ether oxygens (including phenoxy) is 6. The topological polar surface area (TPSA) is 217 Å². The quantitative estimate of drug-likeness (QED) is 0.198. The zero-order valence-corrected chi connectivity index (χ0v) is 24.8. The molecule has 0 bridgehead atoms. The van der Waals surface area contributed by atoms with E-state index in [0.29, 0.717) is 5.56 Å². The third kappa shape index (κ3) is 7.94. The molecule has 3 aromatic rings. The van der Waals surface area contributed by atoms with Gasteiger partial charge in [-0.25, -0.2) is 4.79 Å². The van der Waals surface area contributed by atoms with Crippen LogP contribution in [0.3, 0.4) is 0 Å². The van der Waals surface area contributed by atoms with E-state index >= 15 is 0 Å². The van der Waals surface area contributed by atoms with Crippen LogP contribution in [0.15, 0.2) is 57.9 Å². The highest BCUT2D eigenvalue weighted by Crippen LogP contribution is 2.32. The molecule has 0 spiro atoms. The number of carbonyl (C=O) groups excluding carboxylic acids is 4. The van der Waals surface area contributed by atoms with Gasteiger partial charge in [0.1, 0.15) is 23.3 Å². The maximum Gasteiger partial charge on any atom is 0.446 e. The zero-order valence-electron chi connectivity index (χ0n) is 24.0. The Bertz CT molecular complexity index is 1780. The number of hydrogen-bond donors (Lipinski definition) is 1. The first-order valence-corrected chi connectivity index (χ1v) is 14.3. The molecule has 240 valence electrons. The van der Waals surface area contributed by atoms with E-state index in [1.54, 1.807) is 0 Å². The minimum absolute atomic E-state index is 0.00314. The smallest absolute Gasteiger partial charge is 0.446 e. The van der Waals surface area contributed by atoms with Crippen LogP contribution in [0.5, 0.6) is 11.5 Å². The molecule has 2 aromatic carbocycles. The Morgan fingerprint density at radius 3 is 1.98 bits per heavy atom. The standard InChI is InChI=1S/C28H26O16S/c1-13(29)39-23-24(40-14(2)30)26(41-15(3)31)28(43-25(23)27(33)37-4)42-18-9-10-19-21(11-18)38-12-20(22(19)32)16-5-7-17(8-6-16)44-45(34,35)36/h5-12,23-26,28H,1-4H3,(H,34,35,36)/t23-,24?,25?,26?,28+/m0/s1.